The molecule has 1 aromatic carbocycles. The Morgan fingerprint density at radius 3 is 1.08 bits per heavy atom. The highest BCUT2D eigenvalue weighted by atomic mass is 16.4. The Hall–Kier alpha value is -5.75. The van der Waals surface area contributed by atoms with E-state index in [0.29, 0.717) is 12.0 Å². The molecule has 23 heteroatoms. The van der Waals surface area contributed by atoms with Gasteiger partial charge in [0.2, 0.25) is 47.3 Å². The zero-order chi connectivity index (χ0) is 57.0. The number of amides is 8. The first-order valence-electron chi connectivity index (χ1n) is 27.4. The van der Waals surface area contributed by atoms with E-state index in [0.717, 1.165) is 19.3 Å². The van der Waals surface area contributed by atoms with Gasteiger partial charge in [0.25, 0.3) is 0 Å². The third-order valence-electron chi connectivity index (χ3n) is 12.5. The van der Waals surface area contributed by atoms with E-state index in [1.807, 2.05) is 13.8 Å². The zero-order valence-electron chi connectivity index (χ0n) is 45.9. The topological polar surface area (TPSA) is 400 Å². The highest BCUT2D eigenvalue weighted by Crippen LogP contribution is 2.13. The molecule has 432 valence electrons. The summed E-state index contributed by atoms with van der Waals surface area (Å²) in [5, 5.41) is 30.9. The molecule has 0 saturated heterocycles. The van der Waals surface area contributed by atoms with Crippen LogP contribution in [0.4, 0.5) is 0 Å². The van der Waals surface area contributed by atoms with E-state index in [4.69, 9.17) is 28.7 Å². The maximum Gasteiger partial charge on any atom is 0.326 e. The van der Waals surface area contributed by atoms with Crippen molar-refractivity contribution in [3.05, 3.63) is 35.9 Å². The van der Waals surface area contributed by atoms with E-state index in [9.17, 15) is 48.3 Å². The molecule has 0 saturated carbocycles. The molecule has 1 rings (SSSR count). The van der Waals surface area contributed by atoms with Gasteiger partial charge in [0.1, 0.15) is 48.3 Å². The summed E-state index contributed by atoms with van der Waals surface area (Å²) in [4.78, 5) is 122. The smallest absolute Gasteiger partial charge is 0.326 e. The van der Waals surface area contributed by atoms with E-state index in [2.05, 4.69) is 49.5 Å². The van der Waals surface area contributed by atoms with Crippen LogP contribution in [0.25, 0.3) is 0 Å². The monoisotopic (exact) mass is 1070 g/mol. The van der Waals surface area contributed by atoms with Crippen LogP contribution in [0, 0.1) is 11.8 Å². The second kappa shape index (κ2) is 39.6. The summed E-state index contributed by atoms with van der Waals surface area (Å²) >= 11 is 0. The molecular formula is C53H95N13O10. The first-order chi connectivity index (χ1) is 36.2. The molecule has 0 aliphatic heterocycles. The molecule has 0 bridgehead atoms. The standard InChI is InChI=1S/C53H95N13O10/c1-6-7-8-9-10-11-12-13-17-20-45(67)59-37(21-26-54)46(68)60-38(22-27-55)47(69)61-40(24-29-57)49(71)64-42(31-34(2)3)51(73)65-43(33-36-18-15-14-16-19-36)52(74)63-39(23-28-56)48(70)62-41(25-30-58)50(72)66-44(53(75)76)32-35(4)5/h14-16,18-19,34-35,37-44H,6-13,17,20-33,54-58H2,1-5H3,(H,59,67)(H,60,68)(H,61,69)(H,62,70)(H,63,74)(H,64,71)(H,65,73)(H,66,72)(H,75,76)/t37-,38+,39+,40+,41+,42+,43-,44+/m1/s1. The Morgan fingerprint density at radius 2 is 0.711 bits per heavy atom. The van der Waals surface area contributed by atoms with Gasteiger partial charge < -0.3 is 76.3 Å². The molecule has 0 aromatic heterocycles. The molecule has 0 unspecified atom stereocenters. The van der Waals surface area contributed by atoms with Gasteiger partial charge in [-0.15, -0.1) is 0 Å². The first-order valence-corrected chi connectivity index (χ1v) is 27.4. The summed E-state index contributed by atoms with van der Waals surface area (Å²) in [6, 6.07) is -1.20. The van der Waals surface area contributed by atoms with E-state index in [-0.39, 0.29) is 108 Å². The van der Waals surface area contributed by atoms with Crippen molar-refractivity contribution in [1.82, 2.24) is 42.5 Å². The second-order valence-corrected chi connectivity index (χ2v) is 20.3. The lowest BCUT2D eigenvalue weighted by molar-refractivity contribution is -0.143. The summed E-state index contributed by atoms with van der Waals surface area (Å²) in [6.45, 7) is 9.28. The average molecular weight is 1070 g/mol. The van der Waals surface area contributed by atoms with E-state index < -0.39 is 95.7 Å². The van der Waals surface area contributed by atoms with Crippen LogP contribution in [-0.4, -0.2) is 139 Å². The van der Waals surface area contributed by atoms with Gasteiger partial charge in [-0.1, -0.05) is 116 Å². The number of benzene rings is 1. The van der Waals surface area contributed by atoms with Gasteiger partial charge in [-0.05, 0) is 101 Å². The van der Waals surface area contributed by atoms with Crippen LogP contribution < -0.4 is 71.2 Å². The number of hydrogen-bond acceptors (Lipinski definition) is 14. The van der Waals surface area contributed by atoms with Crippen molar-refractivity contribution in [1.29, 1.82) is 0 Å². The number of carboxylic acid groups (broad SMARTS) is 1. The maximum absolute atomic E-state index is 14.3. The minimum atomic E-state index is -1.33. The Labute approximate surface area is 450 Å². The minimum Gasteiger partial charge on any atom is -0.480 e. The van der Waals surface area contributed by atoms with Gasteiger partial charge in [-0.3, -0.25) is 38.4 Å². The molecule has 0 fully saturated rings. The second-order valence-electron chi connectivity index (χ2n) is 20.3. The molecule has 19 N–H and O–H groups in total. The number of carbonyl (C=O) groups excluding carboxylic acids is 8. The third kappa shape index (κ3) is 28.4. The maximum atomic E-state index is 14.3. The quantitative estimate of drug-likeness (QED) is 0.0382. The number of carbonyl (C=O) groups is 9. The summed E-state index contributed by atoms with van der Waals surface area (Å²) in [6.07, 6.45) is 9.98. The third-order valence-corrected chi connectivity index (χ3v) is 12.5. The number of unbranched alkanes of at least 4 members (excludes halogenated alkanes) is 8. The van der Waals surface area contributed by atoms with Crippen molar-refractivity contribution in [2.75, 3.05) is 32.7 Å². The molecule has 0 aliphatic rings. The molecule has 1 aromatic rings. The van der Waals surface area contributed by atoms with Gasteiger partial charge >= 0.3 is 5.97 Å². The lowest BCUT2D eigenvalue weighted by atomic mass is 10.00. The number of nitrogens with two attached hydrogens (primary N) is 5. The lowest BCUT2D eigenvalue weighted by Gasteiger charge is -2.28. The van der Waals surface area contributed by atoms with Gasteiger partial charge in [-0.25, -0.2) is 4.79 Å². The van der Waals surface area contributed by atoms with Crippen LogP contribution in [0.3, 0.4) is 0 Å². The highest BCUT2D eigenvalue weighted by molar-refractivity contribution is 5.98. The first kappa shape index (κ1) is 68.3. The van der Waals surface area contributed by atoms with Crippen LogP contribution in [0.5, 0.6) is 0 Å². The molecule has 0 heterocycles. The Kier molecular flexibility index (Phi) is 35.6. The number of rotatable bonds is 42. The molecule has 76 heavy (non-hydrogen) atoms. The number of nitrogens with one attached hydrogen (secondary N) is 8. The SMILES string of the molecule is CCCCCCCCCCCC(=O)N[C@H](CCN)C(=O)N[C@@H](CCN)C(=O)N[C@@H](CCN)C(=O)N[C@@H](CC(C)C)C(=O)N[C@H](Cc1ccccc1)C(=O)N[C@@H](CCN)C(=O)N[C@@H](CCN)C(=O)N[C@@H](CC(C)C)C(=O)O. The van der Waals surface area contributed by atoms with Crippen LogP contribution in [0.1, 0.15) is 149 Å². The Balaban J connectivity index is 3.28. The summed E-state index contributed by atoms with van der Waals surface area (Å²) < 4.78 is 0. The fourth-order valence-electron chi connectivity index (χ4n) is 8.40. The number of aliphatic carboxylic acids is 1. The molecule has 0 spiro atoms. The molecule has 8 atom stereocenters. The van der Waals surface area contributed by atoms with E-state index >= 15 is 0 Å². The van der Waals surface area contributed by atoms with Gasteiger partial charge in [0.15, 0.2) is 0 Å². The van der Waals surface area contributed by atoms with Crippen LogP contribution in [0.15, 0.2) is 30.3 Å². The van der Waals surface area contributed by atoms with Crippen LogP contribution >= 0.6 is 0 Å². The van der Waals surface area contributed by atoms with Crippen molar-refractivity contribution < 1.29 is 48.3 Å². The summed E-state index contributed by atoms with van der Waals surface area (Å²) in [7, 11) is 0. The molecule has 0 radical (unpaired) electrons. The van der Waals surface area contributed by atoms with Gasteiger partial charge in [0, 0.05) is 12.8 Å². The Bertz CT molecular complexity index is 1910. The molecular weight excluding hydrogens is 979 g/mol. The molecule has 8 amide bonds. The van der Waals surface area contributed by atoms with E-state index in [1.165, 1.54) is 32.1 Å². The lowest BCUT2D eigenvalue weighted by Crippen LogP contribution is -2.61. The van der Waals surface area contributed by atoms with Gasteiger partial charge in [0.05, 0.1) is 0 Å². The number of hydrogen-bond donors (Lipinski definition) is 14. The normalized spacial score (nSPS) is 14.4. The Morgan fingerprint density at radius 1 is 0.408 bits per heavy atom. The largest absolute Gasteiger partial charge is 0.480 e. The molecule has 23 nitrogen and oxygen atoms in total. The van der Waals surface area contributed by atoms with Crippen molar-refractivity contribution >= 4 is 53.2 Å². The van der Waals surface area contributed by atoms with Crippen LogP contribution in [0.2, 0.25) is 0 Å². The van der Waals surface area contributed by atoms with Crippen molar-refractivity contribution in [3.63, 3.8) is 0 Å². The van der Waals surface area contributed by atoms with Crippen molar-refractivity contribution in [2.45, 2.75) is 199 Å². The predicted molar refractivity (Wildman–Crippen MR) is 292 cm³/mol. The minimum absolute atomic E-state index is 0.0237. The molecule has 0 aliphatic carbocycles. The fourth-order valence-corrected chi connectivity index (χ4v) is 8.40. The van der Waals surface area contributed by atoms with Crippen LogP contribution in [-0.2, 0) is 49.6 Å². The zero-order valence-corrected chi connectivity index (χ0v) is 45.9. The van der Waals surface area contributed by atoms with Crippen molar-refractivity contribution in [2.24, 2.45) is 40.5 Å². The van der Waals surface area contributed by atoms with Gasteiger partial charge in [-0.2, -0.15) is 0 Å². The summed E-state index contributed by atoms with van der Waals surface area (Å²) in [5.74, 6) is -7.13. The average Bonchev–Trinajstić information content (AvgIpc) is 3.36. The highest BCUT2D eigenvalue weighted by Gasteiger charge is 2.35. The summed E-state index contributed by atoms with van der Waals surface area (Å²) in [5.41, 5.74) is 29.8. The fraction of sp³-hybridized carbons (Fsp3) is 0.717. The number of carboxylic acids is 1. The predicted octanol–water partition coefficient (Wildman–Crippen LogP) is -0.0508. The van der Waals surface area contributed by atoms with E-state index in [1.54, 1.807) is 44.2 Å². The van der Waals surface area contributed by atoms with Crippen molar-refractivity contribution in [3.8, 4) is 0 Å².